The highest BCUT2D eigenvalue weighted by Crippen LogP contribution is 2.39. The van der Waals surface area contributed by atoms with E-state index in [1.165, 1.54) is 6.07 Å². The summed E-state index contributed by atoms with van der Waals surface area (Å²) in [6.07, 6.45) is 2.26. The van der Waals surface area contributed by atoms with Crippen molar-refractivity contribution in [3.8, 4) is 5.69 Å². The molecule has 192 valence electrons. The number of fused-ring (bicyclic) bond motifs is 1. The maximum Gasteiger partial charge on any atom is 0.276 e. The Morgan fingerprint density at radius 3 is 2.49 bits per heavy atom. The molecule has 37 heavy (non-hydrogen) atoms. The Balaban J connectivity index is 1.59. The van der Waals surface area contributed by atoms with Gasteiger partial charge in [-0.2, -0.15) is 14.9 Å². The number of aromatic nitrogens is 4. The average molecular weight is 512 g/mol. The van der Waals surface area contributed by atoms with Crippen LogP contribution < -0.4 is 21.5 Å². The standard InChI is InChI=1S/C25H24F3N7O2/c1-13(2)34-22-15(11-30-34)23(33-9-8-14(29)12-33)20(10-18(22)28)31-25(37)19-6-7-21(36)35(32-19)24-16(26)4-3-5-17(24)27/h3-7,10-11,13-14H,8-9,12,29H2,1-2H3,(H,31,37)/t14-/m1/s1. The lowest BCUT2D eigenvalue weighted by Gasteiger charge is -2.23. The van der Waals surface area contributed by atoms with Gasteiger partial charge in [0, 0.05) is 42.7 Å². The largest absolute Gasteiger partial charge is 0.368 e. The molecule has 0 saturated carbocycles. The predicted octanol–water partition coefficient (Wildman–Crippen LogP) is 3.37. The number of anilines is 2. The number of carbonyl (C=O) groups excluding carboxylic acids is 1. The van der Waals surface area contributed by atoms with E-state index >= 15 is 4.39 Å². The second-order valence-electron chi connectivity index (χ2n) is 9.19. The van der Waals surface area contributed by atoms with E-state index in [2.05, 4.69) is 15.5 Å². The maximum atomic E-state index is 15.3. The van der Waals surface area contributed by atoms with E-state index in [4.69, 9.17) is 5.73 Å². The number of halogens is 3. The number of amides is 1. The first-order valence-electron chi connectivity index (χ1n) is 11.7. The van der Waals surface area contributed by atoms with Gasteiger partial charge in [-0.25, -0.2) is 13.2 Å². The lowest BCUT2D eigenvalue weighted by Crippen LogP contribution is -2.28. The topological polar surface area (TPSA) is 111 Å². The molecule has 0 aliphatic carbocycles. The van der Waals surface area contributed by atoms with Gasteiger partial charge in [0.25, 0.3) is 11.5 Å². The smallest absolute Gasteiger partial charge is 0.276 e. The molecule has 0 unspecified atom stereocenters. The quantitative estimate of drug-likeness (QED) is 0.425. The molecule has 3 heterocycles. The first-order chi connectivity index (χ1) is 17.7. The van der Waals surface area contributed by atoms with Crippen molar-refractivity contribution in [2.45, 2.75) is 32.4 Å². The number of hydrogen-bond acceptors (Lipinski definition) is 6. The summed E-state index contributed by atoms with van der Waals surface area (Å²) >= 11 is 0. The van der Waals surface area contributed by atoms with Crippen molar-refractivity contribution in [1.82, 2.24) is 19.6 Å². The Hall–Kier alpha value is -4.19. The van der Waals surface area contributed by atoms with Crippen LogP contribution in [0.1, 0.15) is 36.8 Å². The molecule has 2 aromatic heterocycles. The van der Waals surface area contributed by atoms with Gasteiger partial charge in [-0.15, -0.1) is 0 Å². The number of hydrogen-bond donors (Lipinski definition) is 2. The molecule has 0 radical (unpaired) electrons. The highest BCUT2D eigenvalue weighted by molar-refractivity contribution is 6.09. The third kappa shape index (κ3) is 4.33. The van der Waals surface area contributed by atoms with Crippen LogP contribution in [0.15, 0.2) is 47.4 Å². The fourth-order valence-corrected chi connectivity index (χ4v) is 4.57. The van der Waals surface area contributed by atoms with Gasteiger partial charge in [-0.3, -0.25) is 14.3 Å². The number of para-hydroxylation sites is 1. The molecule has 1 saturated heterocycles. The average Bonchev–Trinajstić information content (AvgIpc) is 3.47. The van der Waals surface area contributed by atoms with Crippen LogP contribution in [0.25, 0.3) is 16.6 Å². The molecule has 1 aliphatic rings. The third-order valence-corrected chi connectivity index (χ3v) is 6.26. The molecule has 1 atom stereocenters. The fraction of sp³-hybridized carbons (Fsp3) is 0.280. The molecular formula is C25H24F3N7O2. The number of nitrogens with zero attached hydrogens (tertiary/aromatic N) is 5. The Morgan fingerprint density at radius 1 is 1.11 bits per heavy atom. The SMILES string of the molecule is CC(C)n1ncc2c(N3CC[C@@H](N)C3)c(NC(=O)c3ccc(=O)n(-c4c(F)cccc4F)n3)cc(F)c21. The van der Waals surface area contributed by atoms with Gasteiger partial charge >= 0.3 is 0 Å². The van der Waals surface area contributed by atoms with E-state index in [1.54, 1.807) is 10.9 Å². The van der Waals surface area contributed by atoms with E-state index in [0.717, 1.165) is 30.3 Å². The number of rotatable bonds is 5. The summed E-state index contributed by atoms with van der Waals surface area (Å²) in [6.45, 7) is 4.84. The summed E-state index contributed by atoms with van der Waals surface area (Å²) in [5.74, 6) is -3.43. The van der Waals surface area contributed by atoms with Gasteiger partial charge in [-0.1, -0.05) is 6.07 Å². The highest BCUT2D eigenvalue weighted by Gasteiger charge is 2.28. The van der Waals surface area contributed by atoms with Crippen molar-refractivity contribution in [1.29, 1.82) is 0 Å². The van der Waals surface area contributed by atoms with Crippen LogP contribution >= 0.6 is 0 Å². The minimum absolute atomic E-state index is 0.0929. The molecule has 1 fully saturated rings. The molecule has 5 rings (SSSR count). The second kappa shape index (κ2) is 9.36. The number of nitrogens with one attached hydrogen (secondary N) is 1. The van der Waals surface area contributed by atoms with Crippen molar-refractivity contribution in [3.05, 3.63) is 76.1 Å². The van der Waals surface area contributed by atoms with Gasteiger partial charge < -0.3 is 16.0 Å². The zero-order valence-corrected chi connectivity index (χ0v) is 20.1. The Labute approximate surface area is 209 Å². The van der Waals surface area contributed by atoms with Gasteiger partial charge in [0.05, 0.1) is 17.6 Å². The van der Waals surface area contributed by atoms with Crippen molar-refractivity contribution in [2.24, 2.45) is 5.73 Å². The van der Waals surface area contributed by atoms with Gasteiger partial charge in [0.1, 0.15) is 16.9 Å². The lowest BCUT2D eigenvalue weighted by molar-refractivity contribution is 0.102. The number of carbonyl (C=O) groups is 1. The fourth-order valence-electron chi connectivity index (χ4n) is 4.57. The summed E-state index contributed by atoms with van der Waals surface area (Å²) in [5.41, 5.74) is 5.28. The molecule has 0 bridgehead atoms. The normalized spacial score (nSPS) is 15.6. The van der Waals surface area contributed by atoms with Crippen molar-refractivity contribution >= 4 is 28.2 Å². The lowest BCUT2D eigenvalue weighted by atomic mass is 10.1. The van der Waals surface area contributed by atoms with Crippen LogP contribution in [0.4, 0.5) is 24.5 Å². The van der Waals surface area contributed by atoms with Crippen LogP contribution in [-0.2, 0) is 0 Å². The number of benzene rings is 2. The Morgan fingerprint density at radius 2 is 1.84 bits per heavy atom. The van der Waals surface area contributed by atoms with E-state index < -0.39 is 34.6 Å². The molecular weight excluding hydrogens is 487 g/mol. The Bertz CT molecular complexity index is 1560. The van der Waals surface area contributed by atoms with Crippen LogP contribution in [0.2, 0.25) is 0 Å². The molecule has 1 aliphatic heterocycles. The molecule has 3 N–H and O–H groups in total. The minimum atomic E-state index is -1.02. The maximum absolute atomic E-state index is 15.3. The summed E-state index contributed by atoms with van der Waals surface area (Å²) in [7, 11) is 0. The molecule has 2 aromatic carbocycles. The van der Waals surface area contributed by atoms with Crippen molar-refractivity contribution in [2.75, 3.05) is 23.3 Å². The zero-order valence-electron chi connectivity index (χ0n) is 20.1. The minimum Gasteiger partial charge on any atom is -0.368 e. The summed E-state index contributed by atoms with van der Waals surface area (Å²) in [6, 6.07) is 6.20. The van der Waals surface area contributed by atoms with Crippen molar-refractivity contribution in [3.63, 3.8) is 0 Å². The van der Waals surface area contributed by atoms with E-state index in [9.17, 15) is 18.4 Å². The molecule has 12 heteroatoms. The molecule has 4 aromatic rings. The summed E-state index contributed by atoms with van der Waals surface area (Å²) in [5, 5.41) is 11.4. The second-order valence-corrected chi connectivity index (χ2v) is 9.19. The van der Waals surface area contributed by atoms with Crippen LogP contribution in [0.5, 0.6) is 0 Å². The van der Waals surface area contributed by atoms with Gasteiger partial charge in [-0.05, 0) is 38.5 Å². The van der Waals surface area contributed by atoms with Crippen molar-refractivity contribution < 1.29 is 18.0 Å². The summed E-state index contributed by atoms with van der Waals surface area (Å²) < 4.78 is 46.0. The van der Waals surface area contributed by atoms with Gasteiger partial charge in [0.2, 0.25) is 0 Å². The van der Waals surface area contributed by atoms with E-state index in [1.807, 2.05) is 18.7 Å². The Kier molecular flexibility index (Phi) is 6.20. The molecule has 0 spiro atoms. The summed E-state index contributed by atoms with van der Waals surface area (Å²) in [4.78, 5) is 27.5. The molecule has 9 nitrogen and oxygen atoms in total. The third-order valence-electron chi connectivity index (χ3n) is 6.26. The van der Waals surface area contributed by atoms with Crippen LogP contribution in [0, 0.1) is 17.5 Å². The first kappa shape index (κ1) is 24.5. The molecule has 1 amide bonds. The van der Waals surface area contributed by atoms with Gasteiger partial charge in [0.15, 0.2) is 17.5 Å². The monoisotopic (exact) mass is 511 g/mol. The number of nitrogens with two attached hydrogens (primary N) is 1. The van der Waals surface area contributed by atoms with Crippen LogP contribution in [-0.4, -0.2) is 44.6 Å². The zero-order chi connectivity index (χ0) is 26.4. The first-order valence-corrected chi connectivity index (χ1v) is 11.7. The van der Waals surface area contributed by atoms with E-state index in [0.29, 0.717) is 40.8 Å². The van der Waals surface area contributed by atoms with Crippen LogP contribution in [0.3, 0.4) is 0 Å². The highest BCUT2D eigenvalue weighted by atomic mass is 19.1. The van der Waals surface area contributed by atoms with E-state index in [-0.39, 0.29) is 23.5 Å². The predicted molar refractivity (Wildman–Crippen MR) is 133 cm³/mol.